The summed E-state index contributed by atoms with van der Waals surface area (Å²) in [7, 11) is 0. The third-order valence-corrected chi connectivity index (χ3v) is 3.56. The Hall–Kier alpha value is -1.68. The Bertz CT molecular complexity index is 512. The average Bonchev–Trinajstić information content (AvgIpc) is 2.83. The van der Waals surface area contributed by atoms with Crippen LogP contribution in [0.4, 0.5) is 0 Å². The minimum Gasteiger partial charge on any atom is -0.324 e. The molecule has 1 atom stereocenters. The molecule has 2 aromatic heterocycles. The maximum Gasteiger partial charge on any atom is 0.140 e. The second-order valence-corrected chi connectivity index (χ2v) is 4.83. The van der Waals surface area contributed by atoms with Crippen molar-refractivity contribution < 1.29 is 0 Å². The van der Waals surface area contributed by atoms with E-state index in [1.807, 2.05) is 30.7 Å². The van der Waals surface area contributed by atoms with E-state index >= 15 is 0 Å². The fourth-order valence-electron chi connectivity index (χ4n) is 2.68. The molecule has 2 aromatic rings. The third kappa shape index (κ3) is 2.04. The van der Waals surface area contributed by atoms with E-state index in [1.54, 1.807) is 0 Å². The molecule has 94 valence electrons. The molecule has 0 aromatic carbocycles. The predicted octanol–water partition coefficient (Wildman–Crippen LogP) is 2.18. The van der Waals surface area contributed by atoms with Crippen LogP contribution in [0.2, 0.25) is 0 Å². The Morgan fingerprint density at radius 1 is 1.33 bits per heavy atom. The Morgan fingerprint density at radius 3 is 2.89 bits per heavy atom. The van der Waals surface area contributed by atoms with Crippen molar-refractivity contribution in [3.05, 3.63) is 36.4 Å². The van der Waals surface area contributed by atoms with Gasteiger partial charge < -0.3 is 9.88 Å². The van der Waals surface area contributed by atoms with Crippen molar-refractivity contribution in [2.45, 2.75) is 25.8 Å². The molecule has 0 bridgehead atoms. The molecule has 0 aliphatic carbocycles. The first-order valence-electron chi connectivity index (χ1n) is 6.51. The van der Waals surface area contributed by atoms with Gasteiger partial charge in [0.05, 0.1) is 0 Å². The topological polar surface area (TPSA) is 42.7 Å². The molecule has 1 unspecified atom stereocenters. The minimum absolute atomic E-state index is 0.518. The van der Waals surface area contributed by atoms with E-state index in [-0.39, 0.29) is 0 Å². The molecule has 18 heavy (non-hydrogen) atoms. The molecule has 1 aliphatic rings. The van der Waals surface area contributed by atoms with Crippen molar-refractivity contribution >= 4 is 0 Å². The van der Waals surface area contributed by atoms with Crippen LogP contribution in [0, 0.1) is 6.92 Å². The van der Waals surface area contributed by atoms with Crippen LogP contribution < -0.4 is 5.32 Å². The molecule has 0 radical (unpaired) electrons. The van der Waals surface area contributed by atoms with E-state index in [1.165, 1.54) is 18.5 Å². The van der Waals surface area contributed by atoms with Gasteiger partial charge in [0.15, 0.2) is 0 Å². The monoisotopic (exact) mass is 242 g/mol. The first-order valence-corrected chi connectivity index (χ1v) is 6.51. The van der Waals surface area contributed by atoms with Gasteiger partial charge in [-0.05, 0) is 38.4 Å². The molecule has 0 spiro atoms. The highest BCUT2D eigenvalue weighted by Gasteiger charge is 2.20. The zero-order valence-electron chi connectivity index (χ0n) is 10.6. The normalized spacial score (nSPS) is 19.9. The molecule has 4 heteroatoms. The highest BCUT2D eigenvalue weighted by atomic mass is 15.1. The average molecular weight is 242 g/mol. The quantitative estimate of drug-likeness (QED) is 0.877. The summed E-state index contributed by atoms with van der Waals surface area (Å²) < 4.78 is 2.36. The lowest BCUT2D eigenvalue weighted by molar-refractivity contribution is 0.370. The summed E-state index contributed by atoms with van der Waals surface area (Å²) in [5, 5.41) is 3.47. The Morgan fingerprint density at radius 2 is 2.17 bits per heavy atom. The highest BCUT2D eigenvalue weighted by molar-refractivity contribution is 5.55. The fourth-order valence-corrected chi connectivity index (χ4v) is 2.68. The summed E-state index contributed by atoms with van der Waals surface area (Å²) in [6.07, 6.45) is 8.07. The van der Waals surface area contributed by atoms with Gasteiger partial charge in [-0.1, -0.05) is 0 Å². The second kappa shape index (κ2) is 4.90. The molecule has 1 N–H and O–H groups in total. The molecule has 4 nitrogen and oxygen atoms in total. The molecule has 1 fully saturated rings. The van der Waals surface area contributed by atoms with Crippen LogP contribution in [-0.2, 0) is 0 Å². The van der Waals surface area contributed by atoms with Crippen LogP contribution in [0.25, 0.3) is 11.4 Å². The van der Waals surface area contributed by atoms with Crippen molar-refractivity contribution in [2.24, 2.45) is 0 Å². The van der Waals surface area contributed by atoms with E-state index in [2.05, 4.69) is 26.8 Å². The number of imidazole rings is 1. The van der Waals surface area contributed by atoms with Crippen molar-refractivity contribution in [2.75, 3.05) is 13.1 Å². The summed E-state index contributed by atoms with van der Waals surface area (Å²) in [6.45, 7) is 4.30. The van der Waals surface area contributed by atoms with Crippen molar-refractivity contribution in [3.63, 3.8) is 0 Å². The molecule has 0 saturated carbocycles. The van der Waals surface area contributed by atoms with Crippen molar-refractivity contribution in [1.82, 2.24) is 19.9 Å². The number of pyridine rings is 1. The standard InChI is InChI=1S/C14H18N4/c1-11-9-17-14(12-4-7-15-8-5-12)18(11)13-3-2-6-16-10-13/h4-5,7-9,13,16H,2-3,6,10H2,1H3. The van der Waals surface area contributed by atoms with E-state index in [4.69, 9.17) is 0 Å². The van der Waals surface area contributed by atoms with Crippen molar-refractivity contribution in [1.29, 1.82) is 0 Å². The van der Waals surface area contributed by atoms with Gasteiger partial charge >= 0.3 is 0 Å². The maximum atomic E-state index is 4.57. The summed E-state index contributed by atoms with van der Waals surface area (Å²) in [6, 6.07) is 4.56. The van der Waals surface area contributed by atoms with Crippen LogP contribution in [-0.4, -0.2) is 27.6 Å². The second-order valence-electron chi connectivity index (χ2n) is 4.83. The summed E-state index contributed by atoms with van der Waals surface area (Å²) in [5.74, 6) is 1.06. The number of piperidine rings is 1. The van der Waals surface area contributed by atoms with Crippen LogP contribution in [0.15, 0.2) is 30.7 Å². The number of hydrogen-bond donors (Lipinski definition) is 1. The number of nitrogens with one attached hydrogen (secondary N) is 1. The zero-order valence-corrected chi connectivity index (χ0v) is 10.6. The Kier molecular flexibility index (Phi) is 3.11. The lowest BCUT2D eigenvalue weighted by Gasteiger charge is -2.27. The Labute approximate surface area is 107 Å². The maximum absolute atomic E-state index is 4.57. The molecule has 1 aliphatic heterocycles. The Balaban J connectivity index is 2.01. The molecular formula is C14H18N4. The third-order valence-electron chi connectivity index (χ3n) is 3.56. The van der Waals surface area contributed by atoms with Gasteiger partial charge in [-0.15, -0.1) is 0 Å². The summed E-state index contributed by atoms with van der Waals surface area (Å²) in [5.41, 5.74) is 2.37. The van der Waals surface area contributed by atoms with Gasteiger partial charge in [-0.3, -0.25) is 4.98 Å². The number of nitrogens with zero attached hydrogens (tertiary/aromatic N) is 3. The first kappa shape index (κ1) is 11.4. The fraction of sp³-hybridized carbons (Fsp3) is 0.429. The zero-order chi connectivity index (χ0) is 12.4. The number of rotatable bonds is 2. The lowest BCUT2D eigenvalue weighted by Crippen LogP contribution is -2.32. The number of aromatic nitrogens is 3. The predicted molar refractivity (Wildman–Crippen MR) is 71.3 cm³/mol. The van der Waals surface area contributed by atoms with Gasteiger partial charge in [-0.25, -0.2) is 4.98 Å². The number of hydrogen-bond acceptors (Lipinski definition) is 3. The molecule has 3 heterocycles. The molecular weight excluding hydrogens is 224 g/mol. The first-order chi connectivity index (χ1) is 8.86. The minimum atomic E-state index is 0.518. The molecule has 1 saturated heterocycles. The van der Waals surface area contributed by atoms with E-state index in [0.717, 1.165) is 24.5 Å². The smallest absolute Gasteiger partial charge is 0.140 e. The van der Waals surface area contributed by atoms with Gasteiger partial charge in [0.2, 0.25) is 0 Å². The highest BCUT2D eigenvalue weighted by Crippen LogP contribution is 2.26. The van der Waals surface area contributed by atoms with Gasteiger partial charge in [0, 0.05) is 42.4 Å². The summed E-state index contributed by atoms with van der Waals surface area (Å²) >= 11 is 0. The number of aryl methyl sites for hydroxylation is 1. The van der Waals surface area contributed by atoms with Gasteiger partial charge in [0.25, 0.3) is 0 Å². The van der Waals surface area contributed by atoms with Gasteiger partial charge in [0.1, 0.15) is 5.82 Å². The largest absolute Gasteiger partial charge is 0.324 e. The van der Waals surface area contributed by atoms with Gasteiger partial charge in [-0.2, -0.15) is 0 Å². The lowest BCUT2D eigenvalue weighted by atomic mass is 10.1. The van der Waals surface area contributed by atoms with Crippen LogP contribution >= 0.6 is 0 Å². The van der Waals surface area contributed by atoms with Crippen molar-refractivity contribution in [3.8, 4) is 11.4 Å². The van der Waals surface area contributed by atoms with E-state index in [0.29, 0.717) is 6.04 Å². The van der Waals surface area contributed by atoms with E-state index < -0.39 is 0 Å². The summed E-state index contributed by atoms with van der Waals surface area (Å²) in [4.78, 5) is 8.64. The molecule has 3 rings (SSSR count). The molecule has 0 amide bonds. The van der Waals surface area contributed by atoms with Crippen LogP contribution in [0.3, 0.4) is 0 Å². The van der Waals surface area contributed by atoms with E-state index in [9.17, 15) is 0 Å². The van der Waals surface area contributed by atoms with Crippen LogP contribution in [0.1, 0.15) is 24.6 Å². The SMILES string of the molecule is Cc1cnc(-c2ccncc2)n1C1CCCNC1. The van der Waals surface area contributed by atoms with Crippen LogP contribution in [0.5, 0.6) is 0 Å².